The molecule has 64 heavy (non-hydrogen) atoms. The molecule has 0 saturated carbocycles. The van der Waals surface area contributed by atoms with Crippen molar-refractivity contribution in [3.05, 3.63) is 218 Å². The van der Waals surface area contributed by atoms with Crippen molar-refractivity contribution in [2.24, 2.45) is 0 Å². The van der Waals surface area contributed by atoms with Gasteiger partial charge in [-0.1, -0.05) is 176 Å². The van der Waals surface area contributed by atoms with Crippen LogP contribution in [0.2, 0.25) is 0 Å². The first-order chi connectivity index (χ1) is 31.7. The summed E-state index contributed by atoms with van der Waals surface area (Å²) >= 11 is 1.84. The maximum absolute atomic E-state index is 5.34. The Bertz CT molecular complexity index is 3920. The number of hydrogen-bond acceptors (Lipinski definition) is 4. The molecule has 0 spiro atoms. The largest absolute Gasteiger partial charge is 0.309 e. The molecule has 0 atom stereocenters. The third-order valence-corrected chi connectivity index (χ3v) is 13.8. The molecule has 0 unspecified atom stereocenters. The number of hydrogen-bond donors (Lipinski definition) is 0. The number of fused-ring (bicyclic) bond motifs is 9. The zero-order valence-corrected chi connectivity index (χ0v) is 35.3. The summed E-state index contributed by atoms with van der Waals surface area (Å²) in [7, 11) is 0. The molecule has 298 valence electrons. The standard InChI is InChI=1S/C59H36N4S/c1-2-13-37(14-3-1)47-31-29-44(35-54(47)63-52-22-9-6-19-48(52)49-20-7-10-23-53(49)63)59-61-57(60-58(62-59)43-28-30-46-41(34-43)26-25-38-15-4-5-18-45(38)46)42-17-12-16-39(33-42)40-27-32-51-50-21-8-11-24-55(50)64-56(51)36-40/h1-36H. The maximum atomic E-state index is 5.34. The van der Waals surface area contributed by atoms with Crippen molar-refractivity contribution in [1.29, 1.82) is 0 Å². The van der Waals surface area contributed by atoms with Gasteiger partial charge in [0.25, 0.3) is 0 Å². The summed E-state index contributed by atoms with van der Waals surface area (Å²) in [5.41, 5.74) is 10.6. The highest BCUT2D eigenvalue weighted by Crippen LogP contribution is 2.40. The molecule has 0 aliphatic heterocycles. The number of aromatic nitrogens is 4. The second-order valence-electron chi connectivity index (χ2n) is 16.4. The topological polar surface area (TPSA) is 43.6 Å². The Morgan fingerprint density at radius 2 is 0.812 bits per heavy atom. The van der Waals surface area contributed by atoms with E-state index in [0.29, 0.717) is 17.5 Å². The quantitative estimate of drug-likeness (QED) is 0.157. The molecule has 0 N–H and O–H groups in total. The Kier molecular flexibility index (Phi) is 8.36. The van der Waals surface area contributed by atoms with Crippen molar-refractivity contribution in [3.8, 4) is 62.1 Å². The molecular weight excluding hydrogens is 797 g/mol. The van der Waals surface area contributed by atoms with Crippen LogP contribution in [0.15, 0.2) is 218 Å². The van der Waals surface area contributed by atoms with Crippen LogP contribution in [0, 0.1) is 0 Å². The molecule has 10 aromatic carbocycles. The Labute approximate surface area is 373 Å². The van der Waals surface area contributed by atoms with E-state index in [4.69, 9.17) is 15.0 Å². The SMILES string of the molecule is c1ccc(-c2ccc(-c3nc(-c4cccc(-c5ccc6c(c5)sc5ccccc56)c4)nc(-c4ccc5c(ccc6ccccc65)c4)n3)cc2-n2c3ccccc3c3ccccc32)cc1. The first-order valence-corrected chi connectivity index (χ1v) is 22.4. The minimum Gasteiger partial charge on any atom is -0.309 e. The van der Waals surface area contributed by atoms with Crippen molar-refractivity contribution >= 4 is 74.9 Å². The highest BCUT2D eigenvalue weighted by Gasteiger charge is 2.20. The average molecular weight is 833 g/mol. The lowest BCUT2D eigenvalue weighted by atomic mass is 9.99. The molecule has 5 heteroatoms. The van der Waals surface area contributed by atoms with Gasteiger partial charge in [0.1, 0.15) is 0 Å². The molecule has 4 nitrogen and oxygen atoms in total. The van der Waals surface area contributed by atoms with Gasteiger partial charge in [0.2, 0.25) is 0 Å². The van der Waals surface area contributed by atoms with E-state index in [1.54, 1.807) is 0 Å². The molecule has 3 heterocycles. The van der Waals surface area contributed by atoms with Gasteiger partial charge in [0.15, 0.2) is 17.5 Å². The molecule has 0 saturated heterocycles. The van der Waals surface area contributed by atoms with Crippen LogP contribution in [0.25, 0.3) is 126 Å². The summed E-state index contributed by atoms with van der Waals surface area (Å²) in [5, 5.41) is 9.79. The third-order valence-electron chi connectivity index (χ3n) is 12.6. The zero-order valence-electron chi connectivity index (χ0n) is 34.5. The average Bonchev–Trinajstić information content (AvgIpc) is 3.91. The smallest absolute Gasteiger partial charge is 0.164 e. The van der Waals surface area contributed by atoms with Crippen LogP contribution >= 0.6 is 11.3 Å². The van der Waals surface area contributed by atoms with Gasteiger partial charge in [-0.05, 0) is 80.7 Å². The predicted octanol–water partition coefficient (Wildman–Crippen LogP) is 16.0. The van der Waals surface area contributed by atoms with Crippen LogP contribution in [0.5, 0.6) is 0 Å². The van der Waals surface area contributed by atoms with Gasteiger partial charge >= 0.3 is 0 Å². The lowest BCUT2D eigenvalue weighted by Crippen LogP contribution is -2.02. The summed E-state index contributed by atoms with van der Waals surface area (Å²) in [5.74, 6) is 1.85. The van der Waals surface area contributed by atoms with Crippen LogP contribution < -0.4 is 0 Å². The fourth-order valence-electron chi connectivity index (χ4n) is 9.56. The summed E-state index contributed by atoms with van der Waals surface area (Å²) < 4.78 is 4.97. The van der Waals surface area contributed by atoms with E-state index in [1.165, 1.54) is 47.1 Å². The monoisotopic (exact) mass is 832 g/mol. The van der Waals surface area contributed by atoms with Crippen LogP contribution in [0.3, 0.4) is 0 Å². The van der Waals surface area contributed by atoms with E-state index in [2.05, 4.69) is 223 Å². The Balaban J connectivity index is 1.02. The fraction of sp³-hybridized carbons (Fsp3) is 0. The fourth-order valence-corrected chi connectivity index (χ4v) is 10.7. The minimum atomic E-state index is 0.609. The highest BCUT2D eigenvalue weighted by atomic mass is 32.1. The molecule has 0 amide bonds. The second kappa shape index (κ2) is 14.7. The normalized spacial score (nSPS) is 11.8. The van der Waals surface area contributed by atoms with Crippen LogP contribution in [-0.2, 0) is 0 Å². The van der Waals surface area contributed by atoms with E-state index in [1.807, 2.05) is 11.3 Å². The van der Waals surface area contributed by atoms with Crippen LogP contribution in [0.1, 0.15) is 0 Å². The lowest BCUT2D eigenvalue weighted by Gasteiger charge is -2.16. The molecular formula is C59H36N4S. The molecule has 3 aromatic heterocycles. The van der Waals surface area contributed by atoms with E-state index in [-0.39, 0.29) is 0 Å². The first-order valence-electron chi connectivity index (χ1n) is 21.6. The summed E-state index contributed by atoms with van der Waals surface area (Å²) in [4.78, 5) is 15.9. The number of nitrogens with zero attached hydrogens (tertiary/aromatic N) is 4. The van der Waals surface area contributed by atoms with Crippen molar-refractivity contribution in [3.63, 3.8) is 0 Å². The van der Waals surface area contributed by atoms with Crippen molar-refractivity contribution in [2.45, 2.75) is 0 Å². The Hall–Kier alpha value is -8.25. The van der Waals surface area contributed by atoms with E-state index in [0.717, 1.165) is 61.1 Å². The van der Waals surface area contributed by atoms with Gasteiger partial charge in [-0.2, -0.15) is 0 Å². The van der Waals surface area contributed by atoms with Gasteiger partial charge in [0, 0.05) is 53.2 Å². The van der Waals surface area contributed by atoms with Crippen molar-refractivity contribution < 1.29 is 0 Å². The third kappa shape index (κ3) is 6.01. The predicted molar refractivity (Wildman–Crippen MR) is 269 cm³/mol. The molecule has 13 aromatic rings. The molecule has 0 aliphatic carbocycles. The molecule has 0 fully saturated rings. The number of rotatable bonds is 6. The Morgan fingerprint density at radius 3 is 1.59 bits per heavy atom. The number of thiophene rings is 1. The van der Waals surface area contributed by atoms with Crippen molar-refractivity contribution in [1.82, 2.24) is 19.5 Å². The lowest BCUT2D eigenvalue weighted by molar-refractivity contribution is 1.07. The van der Waals surface area contributed by atoms with Gasteiger partial charge in [-0.15, -0.1) is 11.3 Å². The van der Waals surface area contributed by atoms with Crippen molar-refractivity contribution in [2.75, 3.05) is 0 Å². The Morgan fingerprint density at radius 1 is 0.297 bits per heavy atom. The minimum absolute atomic E-state index is 0.609. The maximum Gasteiger partial charge on any atom is 0.164 e. The van der Waals surface area contributed by atoms with E-state index in [9.17, 15) is 0 Å². The molecule has 0 bridgehead atoms. The highest BCUT2D eigenvalue weighted by molar-refractivity contribution is 7.25. The number of benzene rings is 10. The van der Waals surface area contributed by atoms with Gasteiger partial charge in [-0.25, -0.2) is 15.0 Å². The van der Waals surface area contributed by atoms with E-state index < -0.39 is 0 Å². The first kappa shape index (κ1) is 36.4. The molecule has 0 aliphatic rings. The molecule has 13 rings (SSSR count). The van der Waals surface area contributed by atoms with E-state index >= 15 is 0 Å². The van der Waals surface area contributed by atoms with Gasteiger partial charge in [-0.3, -0.25) is 0 Å². The van der Waals surface area contributed by atoms with Gasteiger partial charge < -0.3 is 4.57 Å². The van der Waals surface area contributed by atoms with Gasteiger partial charge in [0.05, 0.1) is 16.7 Å². The summed E-state index contributed by atoms with van der Waals surface area (Å²) in [6.45, 7) is 0. The zero-order chi connectivity index (χ0) is 42.1. The number of para-hydroxylation sites is 2. The second-order valence-corrected chi connectivity index (χ2v) is 17.5. The van der Waals surface area contributed by atoms with Crippen LogP contribution in [0.4, 0.5) is 0 Å². The van der Waals surface area contributed by atoms with Crippen LogP contribution in [-0.4, -0.2) is 19.5 Å². The molecule has 0 radical (unpaired) electrons. The summed E-state index contributed by atoms with van der Waals surface area (Å²) in [6.07, 6.45) is 0. The summed E-state index contributed by atoms with van der Waals surface area (Å²) in [6, 6.07) is 78.2.